The maximum absolute atomic E-state index is 11.1. The lowest BCUT2D eigenvalue weighted by Gasteiger charge is -2.22. The molecule has 4 N–H and O–H groups in total. The molecule has 24 heavy (non-hydrogen) atoms. The molecular weight excluding hydrogens is 430 g/mol. The summed E-state index contributed by atoms with van der Waals surface area (Å²) in [6.45, 7) is 6.77. The Bertz CT molecular complexity index is 667. The summed E-state index contributed by atoms with van der Waals surface area (Å²) in [4.78, 5) is 17.1. The van der Waals surface area contributed by atoms with E-state index in [1.54, 1.807) is 6.07 Å². The van der Waals surface area contributed by atoms with Gasteiger partial charge in [0.15, 0.2) is 4.34 Å². The minimum absolute atomic E-state index is 0. The van der Waals surface area contributed by atoms with E-state index in [1.807, 2.05) is 11.4 Å². The Morgan fingerprint density at radius 3 is 2.75 bits per heavy atom. The summed E-state index contributed by atoms with van der Waals surface area (Å²) in [7, 11) is 0. The summed E-state index contributed by atoms with van der Waals surface area (Å²) in [6.07, 6.45) is -0.422. The number of carbonyl (C=O) groups is 1. The molecule has 2 aromatic rings. The number of primary amides is 1. The molecule has 9 heteroatoms. The molecule has 0 fully saturated rings. The van der Waals surface area contributed by atoms with Crippen molar-refractivity contribution in [2.75, 3.05) is 12.3 Å². The van der Waals surface area contributed by atoms with E-state index in [0.29, 0.717) is 17.2 Å². The second-order valence-corrected chi connectivity index (χ2v) is 9.33. The average molecular weight is 452 g/mol. The standard InChI is InChI=1S/C15H21N3O2S3.BrH/c1-15(2,3)17-6-9(19)7-21-14-18-10(8-22-14)11-4-5-12(23-11)13(16)20;/h4-5,8-9,17,19H,6-7H2,1-3H3,(H2,16,20);1H/t9-;/m0./s1. The number of thiophene rings is 1. The van der Waals surface area contributed by atoms with Crippen LogP contribution >= 0.6 is 51.4 Å². The van der Waals surface area contributed by atoms with E-state index in [9.17, 15) is 9.90 Å². The Morgan fingerprint density at radius 2 is 2.17 bits per heavy atom. The number of nitrogens with one attached hydrogen (secondary N) is 1. The molecule has 2 rings (SSSR count). The van der Waals surface area contributed by atoms with E-state index in [2.05, 4.69) is 31.1 Å². The van der Waals surface area contributed by atoms with Crippen LogP contribution in [-0.2, 0) is 0 Å². The first-order valence-corrected chi connectivity index (χ1v) is 9.84. The molecule has 0 aromatic carbocycles. The Hall–Kier alpha value is -0.450. The van der Waals surface area contributed by atoms with Gasteiger partial charge in [0, 0.05) is 23.2 Å². The van der Waals surface area contributed by atoms with E-state index in [-0.39, 0.29) is 22.5 Å². The molecule has 1 atom stereocenters. The third-order valence-electron chi connectivity index (χ3n) is 2.85. The van der Waals surface area contributed by atoms with Gasteiger partial charge in [0.05, 0.1) is 21.6 Å². The number of nitrogens with two attached hydrogens (primary N) is 1. The molecule has 0 aliphatic heterocycles. The van der Waals surface area contributed by atoms with Gasteiger partial charge in [-0.3, -0.25) is 4.79 Å². The van der Waals surface area contributed by atoms with Crippen molar-refractivity contribution in [2.45, 2.75) is 36.8 Å². The Labute approximate surface area is 164 Å². The zero-order chi connectivity index (χ0) is 17.0. The van der Waals surface area contributed by atoms with Gasteiger partial charge in [0.25, 0.3) is 5.91 Å². The smallest absolute Gasteiger partial charge is 0.258 e. The Balaban J connectivity index is 0.00000288. The number of aromatic nitrogens is 1. The highest BCUT2D eigenvalue weighted by Gasteiger charge is 2.14. The SMILES string of the molecule is Br.CC(C)(C)NC[C@H](O)CSc1nc(-c2ccc(C(N)=O)s2)cs1. The van der Waals surface area contributed by atoms with Crippen LogP contribution in [0.15, 0.2) is 21.9 Å². The minimum Gasteiger partial charge on any atom is -0.391 e. The quantitative estimate of drug-likeness (QED) is 0.561. The highest BCUT2D eigenvalue weighted by Crippen LogP contribution is 2.32. The van der Waals surface area contributed by atoms with Gasteiger partial charge in [-0.1, -0.05) is 11.8 Å². The molecule has 0 radical (unpaired) electrons. The zero-order valence-corrected chi connectivity index (χ0v) is 17.9. The van der Waals surface area contributed by atoms with Crippen molar-refractivity contribution in [3.63, 3.8) is 0 Å². The first-order valence-electron chi connectivity index (χ1n) is 7.16. The van der Waals surface area contributed by atoms with Gasteiger partial charge in [-0.2, -0.15) is 0 Å². The number of hydrogen-bond donors (Lipinski definition) is 3. The third kappa shape index (κ3) is 6.81. The number of rotatable bonds is 7. The van der Waals surface area contributed by atoms with E-state index in [4.69, 9.17) is 5.73 Å². The van der Waals surface area contributed by atoms with E-state index >= 15 is 0 Å². The van der Waals surface area contributed by atoms with E-state index in [0.717, 1.165) is 14.9 Å². The number of amides is 1. The fourth-order valence-corrected chi connectivity index (χ4v) is 4.37. The lowest BCUT2D eigenvalue weighted by Crippen LogP contribution is -2.41. The average Bonchev–Trinajstić information content (AvgIpc) is 3.10. The Morgan fingerprint density at radius 1 is 1.46 bits per heavy atom. The van der Waals surface area contributed by atoms with Crippen LogP contribution in [0.4, 0.5) is 0 Å². The van der Waals surface area contributed by atoms with Gasteiger partial charge < -0.3 is 16.2 Å². The molecule has 0 aliphatic rings. The first kappa shape index (κ1) is 21.6. The molecule has 5 nitrogen and oxygen atoms in total. The van der Waals surface area contributed by atoms with Crippen LogP contribution in [0.2, 0.25) is 0 Å². The highest BCUT2D eigenvalue weighted by molar-refractivity contribution is 8.93. The lowest BCUT2D eigenvalue weighted by atomic mass is 10.1. The Kier molecular flexibility index (Phi) is 8.37. The maximum atomic E-state index is 11.1. The van der Waals surface area contributed by atoms with Crippen LogP contribution in [0, 0.1) is 0 Å². The monoisotopic (exact) mass is 451 g/mol. The summed E-state index contributed by atoms with van der Waals surface area (Å²) < 4.78 is 0.906. The van der Waals surface area contributed by atoms with Crippen LogP contribution in [0.25, 0.3) is 10.6 Å². The van der Waals surface area contributed by atoms with Crippen molar-refractivity contribution in [3.05, 3.63) is 22.4 Å². The molecule has 0 saturated heterocycles. The largest absolute Gasteiger partial charge is 0.391 e. The maximum Gasteiger partial charge on any atom is 0.258 e. The molecule has 0 saturated carbocycles. The number of carbonyl (C=O) groups excluding carboxylic acids is 1. The second-order valence-electron chi connectivity index (χ2n) is 6.12. The van der Waals surface area contributed by atoms with Crippen molar-refractivity contribution in [3.8, 4) is 10.6 Å². The predicted octanol–water partition coefficient (Wildman–Crippen LogP) is 3.39. The van der Waals surface area contributed by atoms with Gasteiger partial charge in [-0.15, -0.1) is 39.7 Å². The second kappa shape index (κ2) is 9.30. The highest BCUT2D eigenvalue weighted by atomic mass is 79.9. The van der Waals surface area contributed by atoms with Gasteiger partial charge in [-0.25, -0.2) is 4.98 Å². The van der Waals surface area contributed by atoms with Crippen molar-refractivity contribution in [2.24, 2.45) is 5.73 Å². The number of hydrogen-bond acceptors (Lipinski definition) is 7. The normalized spacial score (nSPS) is 12.7. The van der Waals surface area contributed by atoms with Crippen molar-refractivity contribution in [1.29, 1.82) is 0 Å². The number of halogens is 1. The van der Waals surface area contributed by atoms with E-state index in [1.165, 1.54) is 34.4 Å². The minimum atomic E-state index is -0.422. The summed E-state index contributed by atoms with van der Waals surface area (Å²) in [5.74, 6) is 0.174. The van der Waals surface area contributed by atoms with Crippen molar-refractivity contribution in [1.82, 2.24) is 10.3 Å². The molecule has 0 spiro atoms. The summed E-state index contributed by atoms with van der Waals surface area (Å²) in [5, 5.41) is 15.2. The van der Waals surface area contributed by atoms with Crippen LogP contribution in [0.1, 0.15) is 30.4 Å². The van der Waals surface area contributed by atoms with Crippen LogP contribution in [0.5, 0.6) is 0 Å². The van der Waals surface area contributed by atoms with Gasteiger partial charge in [-0.05, 0) is 32.9 Å². The molecule has 134 valence electrons. The molecule has 2 aromatic heterocycles. The molecule has 2 heterocycles. The number of aliphatic hydroxyl groups is 1. The summed E-state index contributed by atoms with van der Waals surface area (Å²) >= 11 is 4.42. The van der Waals surface area contributed by atoms with Gasteiger partial charge in [0.2, 0.25) is 0 Å². The fraction of sp³-hybridized carbons (Fsp3) is 0.467. The van der Waals surface area contributed by atoms with E-state index < -0.39 is 12.0 Å². The summed E-state index contributed by atoms with van der Waals surface area (Å²) in [5.41, 5.74) is 6.11. The molecule has 0 bridgehead atoms. The van der Waals surface area contributed by atoms with Gasteiger partial charge in [0.1, 0.15) is 0 Å². The van der Waals surface area contributed by atoms with Crippen LogP contribution in [-0.4, -0.2) is 39.9 Å². The first-order chi connectivity index (χ1) is 10.7. The molecule has 1 amide bonds. The zero-order valence-electron chi connectivity index (χ0n) is 13.7. The topological polar surface area (TPSA) is 88.2 Å². The molecular formula is C15H22BrN3O2S3. The lowest BCUT2D eigenvalue weighted by molar-refractivity contribution is 0.100. The van der Waals surface area contributed by atoms with Crippen molar-refractivity contribution >= 4 is 57.3 Å². The number of nitrogens with zero attached hydrogens (tertiary/aromatic N) is 1. The molecule has 0 aliphatic carbocycles. The third-order valence-corrected chi connectivity index (χ3v) is 6.14. The number of β-amino-alcohol motifs (C(OH)–C–C–N with tert-alkyl or cyclic N) is 1. The van der Waals surface area contributed by atoms with Crippen molar-refractivity contribution < 1.29 is 9.90 Å². The number of thiazole rings is 1. The summed E-state index contributed by atoms with van der Waals surface area (Å²) in [6, 6.07) is 3.58. The van der Waals surface area contributed by atoms with Crippen LogP contribution in [0.3, 0.4) is 0 Å². The van der Waals surface area contributed by atoms with Crippen LogP contribution < -0.4 is 11.1 Å². The number of aliphatic hydroxyl groups excluding tert-OH is 1. The fourth-order valence-electron chi connectivity index (χ4n) is 1.70. The van der Waals surface area contributed by atoms with Gasteiger partial charge >= 0.3 is 0 Å². The molecule has 0 unspecified atom stereocenters. The predicted molar refractivity (Wildman–Crippen MR) is 109 cm³/mol. The number of thioether (sulfide) groups is 1.